The van der Waals surface area contributed by atoms with Gasteiger partial charge in [-0.15, -0.1) is 10.2 Å². The number of rotatable bonds is 7. The van der Waals surface area contributed by atoms with Crippen molar-refractivity contribution in [2.24, 2.45) is 0 Å². The summed E-state index contributed by atoms with van der Waals surface area (Å²) in [6, 6.07) is 0. The Morgan fingerprint density at radius 2 is 2.18 bits per heavy atom. The number of hydrogen-bond donors (Lipinski definition) is 2. The van der Waals surface area contributed by atoms with Crippen molar-refractivity contribution in [2.45, 2.75) is 32.6 Å². The highest BCUT2D eigenvalue weighted by Gasteiger charge is 2.18. The molecule has 2 rings (SSSR count). The zero-order valence-corrected chi connectivity index (χ0v) is 13.9. The Labute approximate surface area is 135 Å². The lowest BCUT2D eigenvalue weighted by Crippen LogP contribution is -2.31. The first-order valence-electron chi connectivity index (χ1n) is 7.94. The van der Waals surface area contributed by atoms with Crippen molar-refractivity contribution in [3.8, 4) is 0 Å². The number of aromatic nitrogens is 2. The summed E-state index contributed by atoms with van der Waals surface area (Å²) in [5.74, 6) is -0.123. The van der Waals surface area contributed by atoms with Gasteiger partial charge in [-0.2, -0.15) is 0 Å². The van der Waals surface area contributed by atoms with Crippen molar-refractivity contribution in [1.82, 2.24) is 15.1 Å². The Bertz CT molecular complexity index is 468. The van der Waals surface area contributed by atoms with E-state index in [0.717, 1.165) is 44.3 Å². The van der Waals surface area contributed by atoms with E-state index >= 15 is 0 Å². The third-order valence-corrected chi connectivity index (χ3v) is 4.52. The molecule has 1 fully saturated rings. The van der Waals surface area contributed by atoms with Crippen LogP contribution in [0.15, 0.2) is 0 Å². The molecule has 0 saturated carbocycles. The fraction of sp³-hybridized carbons (Fsp3) is 0.786. The van der Waals surface area contributed by atoms with Crippen LogP contribution in [0.4, 0.5) is 10.3 Å². The number of amides is 1. The molecule has 1 aromatic heterocycles. The Kier molecular flexibility index (Phi) is 7.01. The summed E-state index contributed by atoms with van der Waals surface area (Å²) < 4.78 is 0. The lowest BCUT2D eigenvalue weighted by molar-refractivity contribution is -0.116. The number of aliphatic hydroxyl groups is 1. The second-order valence-electron chi connectivity index (χ2n) is 5.45. The molecule has 0 spiro atoms. The highest BCUT2D eigenvalue weighted by atomic mass is 32.1. The highest BCUT2D eigenvalue weighted by Crippen LogP contribution is 2.25. The average molecular weight is 327 g/mol. The molecule has 1 aliphatic rings. The molecular formula is C14H25N5O2S. The van der Waals surface area contributed by atoms with Crippen LogP contribution >= 0.6 is 11.3 Å². The van der Waals surface area contributed by atoms with E-state index in [0.29, 0.717) is 18.0 Å². The summed E-state index contributed by atoms with van der Waals surface area (Å²) in [6.07, 6.45) is 3.08. The maximum atomic E-state index is 11.6. The standard InChI is InChI=1S/C14H25N5O2S/c1-2-6-18-7-4-8-19(10-9-18)14-17-16-13(22-14)15-12(21)5-3-11-20/h20H,2-11H2,1H3,(H,15,16,21). The molecule has 1 saturated heterocycles. The average Bonchev–Trinajstić information content (AvgIpc) is 2.84. The van der Waals surface area contributed by atoms with Gasteiger partial charge in [-0.3, -0.25) is 4.79 Å². The number of aliphatic hydroxyl groups excluding tert-OH is 1. The van der Waals surface area contributed by atoms with E-state index in [2.05, 4.69) is 32.2 Å². The van der Waals surface area contributed by atoms with Gasteiger partial charge in [0.1, 0.15) is 0 Å². The number of hydrogen-bond acceptors (Lipinski definition) is 7. The maximum absolute atomic E-state index is 11.6. The largest absolute Gasteiger partial charge is 0.396 e. The first-order chi connectivity index (χ1) is 10.7. The predicted molar refractivity (Wildman–Crippen MR) is 88.4 cm³/mol. The lowest BCUT2D eigenvalue weighted by Gasteiger charge is -2.20. The van der Waals surface area contributed by atoms with E-state index in [9.17, 15) is 4.79 Å². The van der Waals surface area contributed by atoms with Crippen LogP contribution in [0.5, 0.6) is 0 Å². The third kappa shape index (κ3) is 5.19. The van der Waals surface area contributed by atoms with Gasteiger partial charge in [0, 0.05) is 32.7 Å². The van der Waals surface area contributed by atoms with Crippen LogP contribution in [0, 0.1) is 0 Å². The first-order valence-corrected chi connectivity index (χ1v) is 8.76. The molecule has 22 heavy (non-hydrogen) atoms. The van der Waals surface area contributed by atoms with Gasteiger partial charge in [-0.25, -0.2) is 0 Å². The van der Waals surface area contributed by atoms with Gasteiger partial charge >= 0.3 is 0 Å². The van der Waals surface area contributed by atoms with Crippen LogP contribution in [0.3, 0.4) is 0 Å². The van der Waals surface area contributed by atoms with Crippen LogP contribution in [0.1, 0.15) is 32.6 Å². The summed E-state index contributed by atoms with van der Waals surface area (Å²) in [7, 11) is 0. The summed E-state index contributed by atoms with van der Waals surface area (Å²) in [6.45, 7) is 7.49. The molecule has 1 aromatic rings. The zero-order valence-electron chi connectivity index (χ0n) is 13.1. The van der Waals surface area contributed by atoms with Crippen molar-refractivity contribution < 1.29 is 9.90 Å². The topological polar surface area (TPSA) is 81.6 Å². The molecule has 0 atom stereocenters. The van der Waals surface area contributed by atoms with Gasteiger partial charge in [0.25, 0.3) is 0 Å². The quantitative estimate of drug-likeness (QED) is 0.782. The summed E-state index contributed by atoms with van der Waals surface area (Å²) in [5, 5.41) is 21.1. The van der Waals surface area contributed by atoms with E-state index in [1.807, 2.05) is 0 Å². The normalized spacial score (nSPS) is 16.5. The summed E-state index contributed by atoms with van der Waals surface area (Å²) in [5.41, 5.74) is 0. The van der Waals surface area contributed by atoms with E-state index in [-0.39, 0.29) is 12.5 Å². The van der Waals surface area contributed by atoms with Crippen LogP contribution in [-0.2, 0) is 4.79 Å². The summed E-state index contributed by atoms with van der Waals surface area (Å²) in [4.78, 5) is 16.4. The minimum Gasteiger partial charge on any atom is -0.396 e. The Morgan fingerprint density at radius 3 is 2.95 bits per heavy atom. The van der Waals surface area contributed by atoms with Gasteiger partial charge in [0.05, 0.1) is 0 Å². The molecule has 1 amide bonds. The van der Waals surface area contributed by atoms with E-state index in [4.69, 9.17) is 5.11 Å². The minimum absolute atomic E-state index is 0.0246. The molecule has 2 N–H and O–H groups in total. The number of nitrogens with one attached hydrogen (secondary N) is 1. The molecule has 7 nitrogen and oxygen atoms in total. The van der Waals surface area contributed by atoms with E-state index in [1.165, 1.54) is 17.8 Å². The third-order valence-electron chi connectivity index (χ3n) is 3.62. The van der Waals surface area contributed by atoms with Crippen molar-refractivity contribution in [2.75, 3.05) is 49.5 Å². The fourth-order valence-electron chi connectivity index (χ4n) is 2.52. The monoisotopic (exact) mass is 327 g/mol. The van der Waals surface area contributed by atoms with Crippen LogP contribution in [-0.4, -0.2) is 65.4 Å². The lowest BCUT2D eigenvalue weighted by atomic mass is 10.3. The van der Waals surface area contributed by atoms with Crippen molar-refractivity contribution in [3.63, 3.8) is 0 Å². The van der Waals surface area contributed by atoms with Gasteiger partial charge in [0.15, 0.2) is 0 Å². The molecular weight excluding hydrogens is 302 g/mol. The Hall–Kier alpha value is -1.25. The molecule has 2 heterocycles. The summed E-state index contributed by atoms with van der Waals surface area (Å²) >= 11 is 1.42. The van der Waals surface area contributed by atoms with Crippen LogP contribution < -0.4 is 10.2 Å². The molecule has 0 bridgehead atoms. The first kappa shape index (κ1) is 17.1. The maximum Gasteiger partial charge on any atom is 0.226 e. The molecule has 0 unspecified atom stereocenters. The SMILES string of the molecule is CCCN1CCCN(c2nnc(NC(=O)CCCO)s2)CC1. The van der Waals surface area contributed by atoms with Gasteiger partial charge in [-0.1, -0.05) is 18.3 Å². The van der Waals surface area contributed by atoms with E-state index in [1.54, 1.807) is 0 Å². The van der Waals surface area contributed by atoms with E-state index < -0.39 is 0 Å². The number of anilines is 2. The van der Waals surface area contributed by atoms with Crippen molar-refractivity contribution in [1.29, 1.82) is 0 Å². The fourth-order valence-corrected chi connectivity index (χ4v) is 3.33. The Balaban J connectivity index is 1.86. The molecule has 0 aliphatic carbocycles. The number of carbonyl (C=O) groups excluding carboxylic acids is 1. The second-order valence-corrected chi connectivity index (χ2v) is 6.40. The van der Waals surface area contributed by atoms with Crippen LogP contribution in [0.2, 0.25) is 0 Å². The van der Waals surface area contributed by atoms with Crippen LogP contribution in [0.25, 0.3) is 0 Å². The van der Waals surface area contributed by atoms with Gasteiger partial charge < -0.3 is 20.2 Å². The predicted octanol–water partition coefficient (Wildman–Crippen LogP) is 1.17. The van der Waals surface area contributed by atoms with Crippen molar-refractivity contribution in [3.05, 3.63) is 0 Å². The van der Waals surface area contributed by atoms with Gasteiger partial charge in [-0.05, 0) is 32.4 Å². The number of nitrogens with zero attached hydrogens (tertiary/aromatic N) is 4. The molecule has 1 aliphatic heterocycles. The smallest absolute Gasteiger partial charge is 0.226 e. The molecule has 0 radical (unpaired) electrons. The minimum atomic E-state index is -0.123. The molecule has 8 heteroatoms. The van der Waals surface area contributed by atoms with Gasteiger partial charge in [0.2, 0.25) is 16.2 Å². The second kappa shape index (κ2) is 9.02. The highest BCUT2D eigenvalue weighted by molar-refractivity contribution is 7.19. The van der Waals surface area contributed by atoms with Crippen molar-refractivity contribution >= 4 is 27.5 Å². The molecule has 0 aromatic carbocycles. The Morgan fingerprint density at radius 1 is 1.32 bits per heavy atom. The zero-order chi connectivity index (χ0) is 15.8. The molecule has 124 valence electrons. The number of carbonyl (C=O) groups is 1.